The number of hydrogen-bond acceptors (Lipinski definition) is 3. The maximum Gasteiger partial charge on any atom is 0.0564 e. The van der Waals surface area contributed by atoms with Gasteiger partial charge in [0.2, 0.25) is 0 Å². The predicted molar refractivity (Wildman–Crippen MR) is 75.4 cm³/mol. The number of pyridine rings is 1. The fourth-order valence-electron chi connectivity index (χ4n) is 2.28. The molecule has 0 unspecified atom stereocenters. The van der Waals surface area contributed by atoms with Crippen molar-refractivity contribution in [1.29, 1.82) is 0 Å². The fraction of sp³-hybridized carbons (Fsp3) is 0.615. The van der Waals surface area contributed by atoms with E-state index < -0.39 is 0 Å². The molecule has 0 amide bonds. The minimum absolute atomic E-state index is 0.758. The van der Waals surface area contributed by atoms with E-state index in [4.69, 9.17) is 0 Å². The van der Waals surface area contributed by atoms with Crippen molar-refractivity contribution in [3.05, 3.63) is 22.9 Å². The van der Waals surface area contributed by atoms with Crippen LogP contribution in [0.3, 0.4) is 0 Å². The van der Waals surface area contributed by atoms with Crippen molar-refractivity contribution in [2.24, 2.45) is 5.92 Å². The summed E-state index contributed by atoms with van der Waals surface area (Å²) in [6, 6.07) is 2.14. The largest absolute Gasteiger partial charge is 0.368 e. The van der Waals surface area contributed by atoms with E-state index in [-0.39, 0.29) is 0 Å². The molecular formula is C13H20BrN3. The number of aromatic nitrogens is 1. The van der Waals surface area contributed by atoms with Gasteiger partial charge in [-0.25, -0.2) is 0 Å². The molecule has 1 aromatic rings. The summed E-state index contributed by atoms with van der Waals surface area (Å²) in [4.78, 5) is 9.18. The van der Waals surface area contributed by atoms with Crippen molar-refractivity contribution in [2.45, 2.75) is 13.8 Å². The summed E-state index contributed by atoms with van der Waals surface area (Å²) in [5, 5.41) is 0. The lowest BCUT2D eigenvalue weighted by atomic mass is 10.2. The maximum absolute atomic E-state index is 4.22. The number of anilines is 1. The number of rotatable bonds is 3. The first-order valence-electron chi connectivity index (χ1n) is 6.23. The minimum atomic E-state index is 0.758. The monoisotopic (exact) mass is 297 g/mol. The Morgan fingerprint density at radius 1 is 1.24 bits per heavy atom. The summed E-state index contributed by atoms with van der Waals surface area (Å²) in [7, 11) is 0. The summed E-state index contributed by atoms with van der Waals surface area (Å²) >= 11 is 3.47. The van der Waals surface area contributed by atoms with Gasteiger partial charge in [-0.2, -0.15) is 0 Å². The molecule has 1 aliphatic rings. The average molecular weight is 298 g/mol. The quantitative estimate of drug-likeness (QED) is 0.855. The van der Waals surface area contributed by atoms with Crippen molar-refractivity contribution < 1.29 is 0 Å². The molecule has 1 aliphatic heterocycles. The van der Waals surface area contributed by atoms with E-state index in [1.807, 2.05) is 12.4 Å². The van der Waals surface area contributed by atoms with Gasteiger partial charge in [-0.15, -0.1) is 0 Å². The molecule has 2 rings (SSSR count). The smallest absolute Gasteiger partial charge is 0.0564 e. The molecule has 0 spiro atoms. The van der Waals surface area contributed by atoms with Crippen LogP contribution in [0.4, 0.5) is 5.69 Å². The highest BCUT2D eigenvalue weighted by molar-refractivity contribution is 9.10. The Bertz CT molecular complexity index is 359. The van der Waals surface area contributed by atoms with Gasteiger partial charge in [-0.3, -0.25) is 9.88 Å². The second kappa shape index (κ2) is 5.83. The molecule has 1 saturated heterocycles. The highest BCUT2D eigenvalue weighted by Gasteiger charge is 2.17. The Kier molecular flexibility index (Phi) is 4.40. The van der Waals surface area contributed by atoms with Gasteiger partial charge < -0.3 is 4.90 Å². The molecule has 3 nitrogen and oxygen atoms in total. The Morgan fingerprint density at radius 2 is 1.94 bits per heavy atom. The first kappa shape index (κ1) is 12.8. The molecule has 0 saturated carbocycles. The van der Waals surface area contributed by atoms with Crippen LogP contribution in [0.2, 0.25) is 0 Å². The molecule has 2 heterocycles. The summed E-state index contributed by atoms with van der Waals surface area (Å²) in [6.07, 6.45) is 3.78. The van der Waals surface area contributed by atoms with Gasteiger partial charge in [-0.05, 0) is 27.9 Å². The molecule has 0 N–H and O–H groups in total. The van der Waals surface area contributed by atoms with Crippen LogP contribution in [0.25, 0.3) is 0 Å². The number of halogens is 1. The predicted octanol–water partition coefficient (Wildman–Crippen LogP) is 2.62. The number of nitrogens with zero attached hydrogens (tertiary/aromatic N) is 3. The molecule has 0 aliphatic carbocycles. The Balaban J connectivity index is 1.91. The van der Waals surface area contributed by atoms with Gasteiger partial charge in [0.1, 0.15) is 0 Å². The van der Waals surface area contributed by atoms with Crippen LogP contribution in [-0.2, 0) is 0 Å². The number of hydrogen-bond donors (Lipinski definition) is 0. The molecule has 0 bridgehead atoms. The molecule has 0 aromatic carbocycles. The van der Waals surface area contributed by atoms with Gasteiger partial charge >= 0.3 is 0 Å². The number of piperazine rings is 1. The van der Waals surface area contributed by atoms with Gasteiger partial charge in [0.05, 0.1) is 11.9 Å². The topological polar surface area (TPSA) is 19.4 Å². The third kappa shape index (κ3) is 3.68. The Morgan fingerprint density at radius 3 is 2.53 bits per heavy atom. The van der Waals surface area contributed by atoms with E-state index in [2.05, 4.69) is 50.6 Å². The van der Waals surface area contributed by atoms with Crippen LogP contribution < -0.4 is 4.90 Å². The first-order chi connectivity index (χ1) is 8.15. The standard InChI is InChI=1S/C13H20BrN3/c1-11(2)10-16-3-5-17(6-4-16)13-7-12(14)8-15-9-13/h7-9,11H,3-6,10H2,1-2H3. The van der Waals surface area contributed by atoms with Gasteiger partial charge in [0.25, 0.3) is 0 Å². The van der Waals surface area contributed by atoms with E-state index in [1.165, 1.54) is 12.2 Å². The van der Waals surface area contributed by atoms with Gasteiger partial charge in [-0.1, -0.05) is 13.8 Å². The molecule has 94 valence electrons. The zero-order valence-electron chi connectivity index (χ0n) is 10.6. The molecule has 1 aromatic heterocycles. The van der Waals surface area contributed by atoms with Crippen molar-refractivity contribution in [3.63, 3.8) is 0 Å². The van der Waals surface area contributed by atoms with Crippen LogP contribution >= 0.6 is 15.9 Å². The third-order valence-corrected chi connectivity index (χ3v) is 3.48. The third-order valence-electron chi connectivity index (χ3n) is 3.05. The van der Waals surface area contributed by atoms with E-state index in [0.717, 1.165) is 36.6 Å². The highest BCUT2D eigenvalue weighted by Crippen LogP contribution is 2.19. The van der Waals surface area contributed by atoms with Gasteiger partial charge in [0, 0.05) is 43.4 Å². The van der Waals surface area contributed by atoms with Crippen molar-refractivity contribution in [1.82, 2.24) is 9.88 Å². The van der Waals surface area contributed by atoms with Gasteiger partial charge in [0.15, 0.2) is 0 Å². The lowest BCUT2D eigenvalue weighted by Gasteiger charge is -2.36. The van der Waals surface area contributed by atoms with Crippen molar-refractivity contribution >= 4 is 21.6 Å². The van der Waals surface area contributed by atoms with Crippen molar-refractivity contribution in [2.75, 3.05) is 37.6 Å². The SMILES string of the molecule is CC(C)CN1CCN(c2cncc(Br)c2)CC1. The minimum Gasteiger partial charge on any atom is -0.368 e. The van der Waals surface area contributed by atoms with E-state index in [0.29, 0.717) is 0 Å². The zero-order chi connectivity index (χ0) is 12.3. The fourth-order valence-corrected chi connectivity index (χ4v) is 2.63. The maximum atomic E-state index is 4.22. The second-order valence-electron chi connectivity index (χ2n) is 5.04. The molecular weight excluding hydrogens is 278 g/mol. The lowest BCUT2D eigenvalue weighted by Crippen LogP contribution is -2.47. The van der Waals surface area contributed by atoms with Crippen LogP contribution in [0.5, 0.6) is 0 Å². The summed E-state index contributed by atoms with van der Waals surface area (Å²) in [5.74, 6) is 0.758. The summed E-state index contributed by atoms with van der Waals surface area (Å²) in [5.41, 5.74) is 1.23. The molecule has 0 radical (unpaired) electrons. The molecule has 17 heavy (non-hydrogen) atoms. The van der Waals surface area contributed by atoms with Crippen LogP contribution in [-0.4, -0.2) is 42.6 Å². The molecule has 1 fully saturated rings. The second-order valence-corrected chi connectivity index (χ2v) is 5.96. The zero-order valence-corrected chi connectivity index (χ0v) is 12.2. The van der Waals surface area contributed by atoms with Crippen molar-refractivity contribution in [3.8, 4) is 0 Å². The Hall–Kier alpha value is -0.610. The van der Waals surface area contributed by atoms with Crippen LogP contribution in [0.15, 0.2) is 22.9 Å². The average Bonchev–Trinajstić information content (AvgIpc) is 2.29. The summed E-state index contributed by atoms with van der Waals surface area (Å²) < 4.78 is 1.06. The highest BCUT2D eigenvalue weighted by atomic mass is 79.9. The van der Waals surface area contributed by atoms with E-state index >= 15 is 0 Å². The first-order valence-corrected chi connectivity index (χ1v) is 7.02. The van der Waals surface area contributed by atoms with Crippen LogP contribution in [0, 0.1) is 5.92 Å². The van der Waals surface area contributed by atoms with Crippen LogP contribution in [0.1, 0.15) is 13.8 Å². The normalized spacial score (nSPS) is 17.8. The molecule has 0 atom stereocenters. The Labute approximate surface area is 112 Å². The summed E-state index contributed by atoms with van der Waals surface area (Å²) in [6.45, 7) is 10.3. The van der Waals surface area contributed by atoms with E-state index in [1.54, 1.807) is 0 Å². The lowest BCUT2D eigenvalue weighted by molar-refractivity contribution is 0.231. The molecule has 4 heteroatoms. The van der Waals surface area contributed by atoms with E-state index in [9.17, 15) is 0 Å².